The zero-order valence-corrected chi connectivity index (χ0v) is 7.07. The Kier molecular flexibility index (Phi) is 2.38. The Balaban J connectivity index is 3.44. The normalized spacial score (nSPS) is 9.83. The predicted molar refractivity (Wildman–Crippen MR) is 44.3 cm³/mol. The lowest BCUT2D eigenvalue weighted by atomic mass is 10.3. The largest absolute Gasteiger partial charge is 0.298 e. The molecule has 4 nitrogen and oxygen atoms in total. The molecule has 0 spiro atoms. The maximum absolute atomic E-state index is 11.3. The van der Waals surface area contributed by atoms with E-state index >= 15 is 0 Å². The number of hydrogen-bond acceptors (Lipinski definition) is 3. The zero-order valence-electron chi connectivity index (χ0n) is 7.07. The number of carbonyl (C=O) groups is 1. The molecule has 0 amide bonds. The minimum absolute atomic E-state index is 0.113. The van der Waals surface area contributed by atoms with Gasteiger partial charge in [-0.05, 0) is 13.8 Å². The Morgan fingerprint density at radius 2 is 2.33 bits per heavy atom. The average Bonchev–Trinajstić information content (AvgIpc) is 2.06. The molecule has 0 fully saturated rings. The highest BCUT2D eigenvalue weighted by Gasteiger charge is 2.03. The van der Waals surface area contributed by atoms with Crippen molar-refractivity contribution < 1.29 is 4.79 Å². The quantitative estimate of drug-likeness (QED) is 0.597. The number of aldehydes is 1. The third kappa shape index (κ3) is 1.28. The van der Waals surface area contributed by atoms with E-state index in [0.29, 0.717) is 18.7 Å². The monoisotopic (exact) mass is 166 g/mol. The van der Waals surface area contributed by atoms with Crippen LogP contribution >= 0.6 is 0 Å². The van der Waals surface area contributed by atoms with Crippen molar-refractivity contribution in [3.8, 4) is 0 Å². The van der Waals surface area contributed by atoms with Gasteiger partial charge in [-0.15, -0.1) is 0 Å². The molecule has 1 aromatic rings. The van der Waals surface area contributed by atoms with Crippen molar-refractivity contribution in [1.82, 2.24) is 9.55 Å². The van der Waals surface area contributed by atoms with Gasteiger partial charge in [0.15, 0.2) is 6.29 Å². The lowest BCUT2D eigenvalue weighted by molar-refractivity contribution is 0.112. The van der Waals surface area contributed by atoms with E-state index in [9.17, 15) is 9.59 Å². The van der Waals surface area contributed by atoms with Crippen LogP contribution in [0.4, 0.5) is 0 Å². The van der Waals surface area contributed by atoms with Gasteiger partial charge in [0.2, 0.25) is 0 Å². The molecule has 1 heterocycles. The van der Waals surface area contributed by atoms with Crippen molar-refractivity contribution in [2.75, 3.05) is 0 Å². The van der Waals surface area contributed by atoms with E-state index in [1.165, 1.54) is 10.8 Å². The number of hydrogen-bond donors (Lipinski definition) is 0. The molecular weight excluding hydrogens is 156 g/mol. The second-order valence-electron chi connectivity index (χ2n) is 2.43. The van der Waals surface area contributed by atoms with E-state index < -0.39 is 0 Å². The van der Waals surface area contributed by atoms with Crippen molar-refractivity contribution in [1.29, 1.82) is 0 Å². The van der Waals surface area contributed by atoms with Crippen molar-refractivity contribution in [2.24, 2.45) is 0 Å². The molecule has 0 aliphatic rings. The van der Waals surface area contributed by atoms with Gasteiger partial charge in [-0.2, -0.15) is 0 Å². The number of aromatic nitrogens is 2. The number of carbonyl (C=O) groups excluding carboxylic acids is 1. The highest BCUT2D eigenvalue weighted by Crippen LogP contribution is 1.90. The maximum Gasteiger partial charge on any atom is 0.264 e. The van der Waals surface area contributed by atoms with Crippen LogP contribution in [0.2, 0.25) is 0 Å². The first-order chi connectivity index (χ1) is 5.70. The molecule has 4 heteroatoms. The summed E-state index contributed by atoms with van der Waals surface area (Å²) in [6, 6.07) is 0. The summed E-state index contributed by atoms with van der Waals surface area (Å²) < 4.78 is 1.46. The van der Waals surface area contributed by atoms with Crippen LogP contribution in [0.15, 0.2) is 11.0 Å². The molecule has 0 saturated carbocycles. The molecule has 1 rings (SSSR count). The molecule has 0 aromatic carbocycles. The minimum atomic E-state index is -0.264. The van der Waals surface area contributed by atoms with Gasteiger partial charge in [0.25, 0.3) is 5.56 Å². The lowest BCUT2D eigenvalue weighted by Crippen LogP contribution is -2.25. The van der Waals surface area contributed by atoms with Crippen LogP contribution in [0, 0.1) is 6.92 Å². The number of nitrogens with zero attached hydrogens (tertiary/aromatic N) is 2. The van der Waals surface area contributed by atoms with E-state index in [1.54, 1.807) is 6.92 Å². The molecule has 64 valence electrons. The smallest absolute Gasteiger partial charge is 0.264 e. The van der Waals surface area contributed by atoms with Crippen molar-refractivity contribution in [2.45, 2.75) is 20.4 Å². The van der Waals surface area contributed by atoms with Gasteiger partial charge < -0.3 is 0 Å². The van der Waals surface area contributed by atoms with Crippen LogP contribution < -0.4 is 5.56 Å². The SMILES string of the molecule is CCn1c(C)ncc(C=O)c1=O. The van der Waals surface area contributed by atoms with E-state index in [4.69, 9.17) is 0 Å². The summed E-state index contributed by atoms with van der Waals surface area (Å²) in [5, 5.41) is 0. The summed E-state index contributed by atoms with van der Waals surface area (Å²) >= 11 is 0. The van der Waals surface area contributed by atoms with Crippen LogP contribution in [-0.2, 0) is 6.54 Å². The van der Waals surface area contributed by atoms with Crippen molar-refractivity contribution in [3.63, 3.8) is 0 Å². The molecule has 0 bridgehead atoms. The zero-order chi connectivity index (χ0) is 9.14. The molecule has 0 unspecified atom stereocenters. The van der Waals surface area contributed by atoms with Crippen LogP contribution in [0.3, 0.4) is 0 Å². The Morgan fingerprint density at radius 1 is 1.67 bits per heavy atom. The van der Waals surface area contributed by atoms with Crippen LogP contribution in [-0.4, -0.2) is 15.8 Å². The standard InChI is InChI=1S/C8H10N2O2/c1-3-10-6(2)9-4-7(5-11)8(10)12/h4-5H,3H2,1-2H3. The number of aryl methyl sites for hydroxylation is 1. The Labute approximate surface area is 69.9 Å². The minimum Gasteiger partial charge on any atom is -0.298 e. The third-order valence-electron chi connectivity index (χ3n) is 1.72. The molecule has 12 heavy (non-hydrogen) atoms. The Bertz CT molecular complexity index is 355. The van der Waals surface area contributed by atoms with Crippen LogP contribution in [0.1, 0.15) is 23.1 Å². The molecule has 0 saturated heterocycles. The first kappa shape index (κ1) is 8.64. The predicted octanol–water partition coefficient (Wildman–Crippen LogP) is 0.384. The maximum atomic E-state index is 11.3. The third-order valence-corrected chi connectivity index (χ3v) is 1.72. The lowest BCUT2D eigenvalue weighted by Gasteiger charge is -2.04. The average molecular weight is 166 g/mol. The Morgan fingerprint density at radius 3 is 2.83 bits per heavy atom. The van der Waals surface area contributed by atoms with E-state index in [2.05, 4.69) is 4.98 Å². The fourth-order valence-corrected chi connectivity index (χ4v) is 1.04. The fraction of sp³-hybridized carbons (Fsp3) is 0.375. The fourth-order valence-electron chi connectivity index (χ4n) is 1.04. The Hall–Kier alpha value is -1.45. The molecule has 0 atom stereocenters. The summed E-state index contributed by atoms with van der Waals surface area (Å²) in [6.07, 6.45) is 1.83. The second kappa shape index (κ2) is 3.30. The molecule has 1 aromatic heterocycles. The topological polar surface area (TPSA) is 52.0 Å². The highest BCUT2D eigenvalue weighted by molar-refractivity contribution is 5.73. The van der Waals surface area contributed by atoms with Gasteiger partial charge in [-0.1, -0.05) is 0 Å². The molecule has 0 aliphatic heterocycles. The molecular formula is C8H10N2O2. The summed E-state index contributed by atoms with van der Waals surface area (Å²) in [5.41, 5.74) is -0.151. The van der Waals surface area contributed by atoms with E-state index in [0.717, 1.165) is 0 Å². The first-order valence-electron chi connectivity index (χ1n) is 3.72. The highest BCUT2D eigenvalue weighted by atomic mass is 16.1. The van der Waals surface area contributed by atoms with Gasteiger partial charge in [0.05, 0.1) is 5.56 Å². The second-order valence-corrected chi connectivity index (χ2v) is 2.43. The summed E-state index contributed by atoms with van der Waals surface area (Å²) in [6.45, 7) is 4.11. The van der Waals surface area contributed by atoms with Gasteiger partial charge in [-0.25, -0.2) is 4.98 Å². The van der Waals surface area contributed by atoms with Gasteiger partial charge in [0.1, 0.15) is 5.82 Å². The summed E-state index contributed by atoms with van der Waals surface area (Å²) in [7, 11) is 0. The van der Waals surface area contributed by atoms with Crippen LogP contribution in [0.25, 0.3) is 0 Å². The molecule has 0 aliphatic carbocycles. The molecule has 0 N–H and O–H groups in total. The van der Waals surface area contributed by atoms with E-state index in [1.807, 2.05) is 6.92 Å². The van der Waals surface area contributed by atoms with Crippen LogP contribution in [0.5, 0.6) is 0 Å². The summed E-state index contributed by atoms with van der Waals surface area (Å²) in [5.74, 6) is 0.633. The van der Waals surface area contributed by atoms with Gasteiger partial charge >= 0.3 is 0 Å². The molecule has 0 radical (unpaired) electrons. The van der Waals surface area contributed by atoms with Crippen molar-refractivity contribution in [3.05, 3.63) is 27.9 Å². The van der Waals surface area contributed by atoms with Gasteiger partial charge in [-0.3, -0.25) is 14.2 Å². The number of rotatable bonds is 2. The van der Waals surface area contributed by atoms with Gasteiger partial charge in [0, 0.05) is 12.7 Å². The van der Waals surface area contributed by atoms with E-state index in [-0.39, 0.29) is 11.1 Å². The summed E-state index contributed by atoms with van der Waals surface area (Å²) in [4.78, 5) is 25.6. The first-order valence-corrected chi connectivity index (χ1v) is 3.72. The van der Waals surface area contributed by atoms with Crippen molar-refractivity contribution >= 4 is 6.29 Å².